The summed E-state index contributed by atoms with van der Waals surface area (Å²) in [5, 5.41) is 10.8. The standard InChI is InChI=1S/C19H28N2O3/c22-18(24-15-17-7-3-1-4-8-17)21-13-9-19(23,10-14-21)16-20-11-5-2-6-12-20/h1,3-4,7-8,23H,2,5-6,9-16H2. The number of carbonyl (C=O) groups is 1. The third-order valence-electron chi connectivity index (χ3n) is 5.12. The van der Waals surface area contributed by atoms with E-state index in [1.807, 2.05) is 30.3 Å². The molecule has 3 rings (SSSR count). The van der Waals surface area contributed by atoms with E-state index in [2.05, 4.69) is 4.90 Å². The van der Waals surface area contributed by atoms with E-state index in [-0.39, 0.29) is 6.09 Å². The summed E-state index contributed by atoms with van der Waals surface area (Å²) >= 11 is 0. The van der Waals surface area contributed by atoms with Crippen molar-refractivity contribution in [1.29, 1.82) is 0 Å². The average molecular weight is 332 g/mol. The summed E-state index contributed by atoms with van der Waals surface area (Å²) in [5.41, 5.74) is 0.331. The Morgan fingerprint density at radius 2 is 1.71 bits per heavy atom. The lowest BCUT2D eigenvalue weighted by Crippen LogP contribution is -2.52. The highest BCUT2D eigenvalue weighted by molar-refractivity contribution is 5.67. The molecule has 2 aliphatic heterocycles. The number of likely N-dealkylation sites (tertiary alicyclic amines) is 2. The molecule has 0 atom stereocenters. The van der Waals surface area contributed by atoms with Gasteiger partial charge in [0.05, 0.1) is 5.60 Å². The first kappa shape index (κ1) is 17.2. The number of benzene rings is 1. The van der Waals surface area contributed by atoms with Crippen LogP contribution in [0.25, 0.3) is 0 Å². The van der Waals surface area contributed by atoms with E-state index in [1.54, 1.807) is 4.90 Å². The first-order chi connectivity index (χ1) is 11.6. The maximum atomic E-state index is 12.2. The van der Waals surface area contributed by atoms with Gasteiger partial charge in [-0.05, 0) is 44.3 Å². The molecule has 2 heterocycles. The van der Waals surface area contributed by atoms with Crippen LogP contribution in [0.5, 0.6) is 0 Å². The van der Waals surface area contributed by atoms with Crippen molar-refractivity contribution in [2.24, 2.45) is 0 Å². The highest BCUT2D eigenvalue weighted by Gasteiger charge is 2.36. The summed E-state index contributed by atoms with van der Waals surface area (Å²) in [6, 6.07) is 9.70. The Bertz CT molecular complexity index is 521. The van der Waals surface area contributed by atoms with Gasteiger partial charge in [-0.3, -0.25) is 0 Å². The first-order valence-electron chi connectivity index (χ1n) is 9.05. The van der Waals surface area contributed by atoms with Crippen molar-refractivity contribution in [3.05, 3.63) is 35.9 Å². The predicted molar refractivity (Wildman–Crippen MR) is 92.7 cm³/mol. The average Bonchev–Trinajstić information content (AvgIpc) is 2.62. The Morgan fingerprint density at radius 1 is 1.04 bits per heavy atom. The van der Waals surface area contributed by atoms with Crippen molar-refractivity contribution in [2.45, 2.75) is 44.3 Å². The Kier molecular flexibility index (Phi) is 5.74. The van der Waals surface area contributed by atoms with Gasteiger partial charge in [-0.25, -0.2) is 4.79 Å². The minimum absolute atomic E-state index is 0.279. The molecule has 0 unspecified atom stereocenters. The van der Waals surface area contributed by atoms with Crippen LogP contribution in [0.15, 0.2) is 30.3 Å². The molecular weight excluding hydrogens is 304 g/mol. The van der Waals surface area contributed by atoms with E-state index < -0.39 is 5.60 Å². The second kappa shape index (κ2) is 7.99. The van der Waals surface area contributed by atoms with Crippen LogP contribution in [-0.2, 0) is 11.3 Å². The summed E-state index contributed by atoms with van der Waals surface area (Å²) in [6.45, 7) is 4.35. The normalized spacial score (nSPS) is 21.5. The SMILES string of the molecule is O=C(OCc1ccccc1)N1CCC(O)(CN2CCCCC2)CC1. The Labute approximate surface area is 144 Å². The number of hydrogen-bond donors (Lipinski definition) is 1. The predicted octanol–water partition coefficient (Wildman–Crippen LogP) is 2.64. The van der Waals surface area contributed by atoms with Crippen LogP contribution in [0.2, 0.25) is 0 Å². The van der Waals surface area contributed by atoms with Crippen LogP contribution in [0.4, 0.5) is 4.79 Å². The van der Waals surface area contributed by atoms with Crippen molar-refractivity contribution >= 4 is 6.09 Å². The van der Waals surface area contributed by atoms with E-state index in [0.29, 0.717) is 32.5 Å². The molecule has 1 amide bonds. The summed E-state index contributed by atoms with van der Waals surface area (Å²) in [5.74, 6) is 0. The first-order valence-corrected chi connectivity index (χ1v) is 9.05. The maximum Gasteiger partial charge on any atom is 0.410 e. The molecule has 5 nitrogen and oxygen atoms in total. The summed E-state index contributed by atoms with van der Waals surface area (Å²) in [4.78, 5) is 16.3. The van der Waals surface area contributed by atoms with Crippen LogP contribution in [-0.4, -0.2) is 59.3 Å². The monoisotopic (exact) mass is 332 g/mol. The maximum absolute atomic E-state index is 12.2. The van der Waals surface area contributed by atoms with Crippen molar-refractivity contribution in [1.82, 2.24) is 9.80 Å². The number of β-amino-alcohol motifs (C(OH)–C–C–N with tert-alkyl or cyclic N) is 1. The van der Waals surface area contributed by atoms with Crippen LogP contribution < -0.4 is 0 Å². The van der Waals surface area contributed by atoms with Crippen molar-refractivity contribution in [3.8, 4) is 0 Å². The van der Waals surface area contributed by atoms with E-state index >= 15 is 0 Å². The minimum Gasteiger partial charge on any atom is -0.445 e. The third kappa shape index (κ3) is 4.71. The lowest BCUT2D eigenvalue weighted by Gasteiger charge is -2.41. The second-order valence-electron chi connectivity index (χ2n) is 7.09. The molecule has 2 fully saturated rings. The molecule has 0 aromatic heterocycles. The van der Waals surface area contributed by atoms with Crippen molar-refractivity contribution in [3.63, 3.8) is 0 Å². The minimum atomic E-state index is -0.659. The number of hydrogen-bond acceptors (Lipinski definition) is 4. The molecule has 0 radical (unpaired) electrons. The molecule has 0 saturated carbocycles. The van der Waals surface area contributed by atoms with E-state index in [4.69, 9.17) is 4.74 Å². The van der Waals surface area contributed by atoms with Gasteiger partial charge in [-0.2, -0.15) is 0 Å². The third-order valence-corrected chi connectivity index (χ3v) is 5.12. The zero-order valence-electron chi connectivity index (χ0n) is 14.3. The van der Waals surface area contributed by atoms with Gasteiger partial charge in [0, 0.05) is 19.6 Å². The Hall–Kier alpha value is -1.59. The zero-order chi connectivity index (χ0) is 16.8. The number of carbonyl (C=O) groups excluding carboxylic acids is 1. The number of nitrogens with zero attached hydrogens (tertiary/aromatic N) is 2. The lowest BCUT2D eigenvalue weighted by molar-refractivity contribution is -0.0466. The molecule has 24 heavy (non-hydrogen) atoms. The Morgan fingerprint density at radius 3 is 2.38 bits per heavy atom. The van der Waals surface area contributed by atoms with Gasteiger partial charge in [-0.15, -0.1) is 0 Å². The number of amides is 1. The van der Waals surface area contributed by atoms with Crippen LogP contribution in [0, 0.1) is 0 Å². The van der Waals surface area contributed by atoms with Gasteiger partial charge < -0.3 is 19.6 Å². The van der Waals surface area contributed by atoms with Gasteiger partial charge in [0.1, 0.15) is 6.61 Å². The topological polar surface area (TPSA) is 53.0 Å². The highest BCUT2D eigenvalue weighted by Crippen LogP contribution is 2.25. The molecule has 0 aliphatic carbocycles. The smallest absolute Gasteiger partial charge is 0.410 e. The molecule has 2 aliphatic rings. The van der Waals surface area contributed by atoms with E-state index in [1.165, 1.54) is 19.3 Å². The van der Waals surface area contributed by atoms with Gasteiger partial charge in [0.15, 0.2) is 0 Å². The van der Waals surface area contributed by atoms with Crippen LogP contribution in [0.1, 0.15) is 37.7 Å². The molecule has 1 aromatic carbocycles. The van der Waals surface area contributed by atoms with E-state index in [0.717, 1.165) is 25.2 Å². The van der Waals surface area contributed by atoms with E-state index in [9.17, 15) is 9.90 Å². The summed E-state index contributed by atoms with van der Waals surface area (Å²) in [7, 11) is 0. The highest BCUT2D eigenvalue weighted by atomic mass is 16.6. The summed E-state index contributed by atoms with van der Waals surface area (Å²) in [6.07, 6.45) is 4.74. The number of piperidine rings is 2. The lowest BCUT2D eigenvalue weighted by atomic mass is 9.90. The molecule has 0 spiro atoms. The zero-order valence-corrected chi connectivity index (χ0v) is 14.3. The van der Waals surface area contributed by atoms with Crippen molar-refractivity contribution in [2.75, 3.05) is 32.7 Å². The fourth-order valence-corrected chi connectivity index (χ4v) is 3.61. The molecule has 132 valence electrons. The molecule has 2 saturated heterocycles. The molecule has 1 N–H and O–H groups in total. The summed E-state index contributed by atoms with van der Waals surface area (Å²) < 4.78 is 5.38. The second-order valence-corrected chi connectivity index (χ2v) is 7.09. The fraction of sp³-hybridized carbons (Fsp3) is 0.632. The molecule has 5 heteroatoms. The quantitative estimate of drug-likeness (QED) is 0.921. The van der Waals surface area contributed by atoms with Crippen LogP contribution >= 0.6 is 0 Å². The van der Waals surface area contributed by atoms with Gasteiger partial charge in [-0.1, -0.05) is 36.8 Å². The number of ether oxygens (including phenoxy) is 1. The van der Waals surface area contributed by atoms with Gasteiger partial charge in [0.25, 0.3) is 0 Å². The van der Waals surface area contributed by atoms with Gasteiger partial charge >= 0.3 is 6.09 Å². The molecular formula is C19H28N2O3. The number of aliphatic hydroxyl groups is 1. The fourth-order valence-electron chi connectivity index (χ4n) is 3.61. The van der Waals surface area contributed by atoms with Crippen LogP contribution in [0.3, 0.4) is 0 Å². The molecule has 1 aromatic rings. The van der Waals surface area contributed by atoms with Crippen molar-refractivity contribution < 1.29 is 14.6 Å². The number of rotatable bonds is 4. The van der Waals surface area contributed by atoms with Gasteiger partial charge in [0.2, 0.25) is 0 Å². The Balaban J connectivity index is 1.43. The molecule has 0 bridgehead atoms. The largest absolute Gasteiger partial charge is 0.445 e.